The number of hydrogen-bond donors (Lipinski definition) is 0. The van der Waals surface area contributed by atoms with Crippen LogP contribution in [0.3, 0.4) is 0 Å². The van der Waals surface area contributed by atoms with Crippen LogP contribution in [0.4, 0.5) is 4.79 Å². The van der Waals surface area contributed by atoms with Crippen molar-refractivity contribution in [2.24, 2.45) is 0 Å². The van der Waals surface area contributed by atoms with Crippen molar-refractivity contribution in [1.82, 2.24) is 4.90 Å². The van der Waals surface area contributed by atoms with Crippen molar-refractivity contribution in [3.63, 3.8) is 0 Å². The molecule has 0 aliphatic carbocycles. The molecule has 0 saturated carbocycles. The minimum Gasteiger partial charge on any atom is -0.452 e. The molecule has 9 heteroatoms. The van der Waals surface area contributed by atoms with E-state index in [1.165, 1.54) is 24.3 Å². The van der Waals surface area contributed by atoms with Crippen molar-refractivity contribution in [2.75, 3.05) is 26.0 Å². The molecule has 1 fully saturated rings. The Morgan fingerprint density at radius 1 is 1.32 bits per heavy atom. The van der Waals surface area contributed by atoms with Crippen LogP contribution in [0.25, 0.3) is 0 Å². The number of cyclic esters (lactones) is 1. The van der Waals surface area contributed by atoms with Gasteiger partial charge in [0.25, 0.3) is 5.91 Å². The zero-order valence-corrected chi connectivity index (χ0v) is 12.5. The van der Waals surface area contributed by atoms with Crippen molar-refractivity contribution in [3.8, 4) is 0 Å². The number of nitrogens with zero attached hydrogens (tertiary/aromatic N) is 1. The molecule has 2 rings (SSSR count). The first kappa shape index (κ1) is 16.0. The Labute approximate surface area is 126 Å². The van der Waals surface area contributed by atoms with E-state index in [9.17, 15) is 22.8 Å². The van der Waals surface area contributed by atoms with Gasteiger partial charge in [0.2, 0.25) is 0 Å². The predicted molar refractivity (Wildman–Crippen MR) is 72.9 cm³/mol. The van der Waals surface area contributed by atoms with Crippen molar-refractivity contribution in [2.45, 2.75) is 4.90 Å². The summed E-state index contributed by atoms with van der Waals surface area (Å²) in [7, 11) is -3.61. The Morgan fingerprint density at radius 2 is 2.00 bits per heavy atom. The van der Waals surface area contributed by atoms with Gasteiger partial charge in [0.1, 0.15) is 6.61 Å². The number of ether oxygens (including phenoxy) is 2. The van der Waals surface area contributed by atoms with E-state index in [0.29, 0.717) is 0 Å². The van der Waals surface area contributed by atoms with Gasteiger partial charge in [-0.3, -0.25) is 4.79 Å². The van der Waals surface area contributed by atoms with E-state index < -0.39 is 34.4 Å². The molecule has 1 heterocycles. The average molecular weight is 327 g/mol. The Balaban J connectivity index is 2.07. The normalized spacial score (nSPS) is 14.6. The van der Waals surface area contributed by atoms with Gasteiger partial charge in [0, 0.05) is 6.26 Å². The molecule has 1 saturated heterocycles. The molecule has 1 aromatic carbocycles. The quantitative estimate of drug-likeness (QED) is 0.728. The summed E-state index contributed by atoms with van der Waals surface area (Å²) < 4.78 is 32.6. The molecule has 0 unspecified atom stereocenters. The summed E-state index contributed by atoms with van der Waals surface area (Å²) in [5, 5.41) is 0. The van der Waals surface area contributed by atoms with E-state index in [1.807, 2.05) is 0 Å². The highest BCUT2D eigenvalue weighted by atomic mass is 32.2. The summed E-state index contributed by atoms with van der Waals surface area (Å²) in [6.45, 7) is -0.489. The van der Waals surface area contributed by atoms with Crippen molar-refractivity contribution < 1.29 is 32.3 Å². The smallest absolute Gasteiger partial charge is 0.416 e. The minimum absolute atomic E-state index is 0.0924. The molecule has 1 aliphatic heterocycles. The maximum atomic E-state index is 11.9. The minimum atomic E-state index is -3.61. The monoisotopic (exact) mass is 327 g/mol. The highest BCUT2D eigenvalue weighted by Gasteiger charge is 2.29. The third kappa shape index (κ3) is 3.42. The van der Waals surface area contributed by atoms with Gasteiger partial charge in [-0.25, -0.2) is 22.9 Å². The summed E-state index contributed by atoms with van der Waals surface area (Å²) in [4.78, 5) is 35.4. The summed E-state index contributed by atoms with van der Waals surface area (Å²) >= 11 is 0. The second-order valence-electron chi connectivity index (χ2n) is 4.50. The van der Waals surface area contributed by atoms with Crippen LogP contribution in [-0.4, -0.2) is 57.3 Å². The molecule has 1 aromatic rings. The molecule has 0 atom stereocenters. The molecule has 0 N–H and O–H groups in total. The molecule has 8 nitrogen and oxygen atoms in total. The lowest BCUT2D eigenvalue weighted by atomic mass is 10.2. The number of rotatable bonds is 4. The maximum absolute atomic E-state index is 11.9. The van der Waals surface area contributed by atoms with E-state index in [1.54, 1.807) is 0 Å². The molecule has 0 bridgehead atoms. The number of benzene rings is 1. The van der Waals surface area contributed by atoms with Crippen molar-refractivity contribution in [3.05, 3.63) is 29.8 Å². The molecule has 1 aliphatic rings. The van der Waals surface area contributed by atoms with Gasteiger partial charge in [-0.15, -0.1) is 0 Å². The van der Waals surface area contributed by atoms with Crippen LogP contribution >= 0.6 is 0 Å². The molecular weight excluding hydrogens is 314 g/mol. The molecule has 118 valence electrons. The maximum Gasteiger partial charge on any atom is 0.416 e. The summed E-state index contributed by atoms with van der Waals surface area (Å²) in [6.07, 6.45) is 0.169. The van der Waals surface area contributed by atoms with Gasteiger partial charge in [-0.1, -0.05) is 12.1 Å². The first-order chi connectivity index (χ1) is 10.3. The van der Waals surface area contributed by atoms with Crippen molar-refractivity contribution in [1.29, 1.82) is 0 Å². The number of esters is 1. The topological polar surface area (TPSA) is 107 Å². The molecule has 0 aromatic heterocycles. The van der Waals surface area contributed by atoms with E-state index in [0.717, 1.165) is 11.2 Å². The predicted octanol–water partition coefficient (Wildman–Crippen LogP) is 0.226. The average Bonchev–Trinajstić information content (AvgIpc) is 2.89. The van der Waals surface area contributed by atoms with Crippen LogP contribution in [0.2, 0.25) is 0 Å². The SMILES string of the molecule is CS(=O)(=O)c1ccccc1C(=O)OCC(=O)N1CCOC1=O. The van der Waals surface area contributed by atoms with Crippen LogP contribution in [0, 0.1) is 0 Å². The Hall–Kier alpha value is -2.42. The number of sulfone groups is 1. The van der Waals surface area contributed by atoms with Gasteiger partial charge in [0.05, 0.1) is 17.0 Å². The Kier molecular flexibility index (Phi) is 4.45. The van der Waals surface area contributed by atoms with Gasteiger partial charge in [-0.2, -0.15) is 0 Å². The lowest BCUT2D eigenvalue weighted by molar-refractivity contribution is -0.131. The van der Waals surface area contributed by atoms with Crippen molar-refractivity contribution >= 4 is 27.8 Å². The van der Waals surface area contributed by atoms with E-state index >= 15 is 0 Å². The highest BCUT2D eigenvalue weighted by molar-refractivity contribution is 7.90. The van der Waals surface area contributed by atoms with Crippen LogP contribution in [0.5, 0.6) is 0 Å². The fraction of sp³-hybridized carbons (Fsp3) is 0.308. The van der Waals surface area contributed by atoms with Gasteiger partial charge in [0.15, 0.2) is 16.4 Å². The van der Waals surface area contributed by atoms with Crippen LogP contribution in [-0.2, 0) is 24.1 Å². The van der Waals surface area contributed by atoms with Crippen LogP contribution in [0.15, 0.2) is 29.2 Å². The molecule has 0 spiro atoms. The fourth-order valence-electron chi connectivity index (χ4n) is 1.86. The number of amides is 2. The van der Waals surface area contributed by atoms with Crippen LogP contribution in [0.1, 0.15) is 10.4 Å². The summed E-state index contributed by atoms with van der Waals surface area (Å²) in [5.41, 5.74) is -0.165. The molecular formula is C13H13NO7S. The lowest BCUT2D eigenvalue weighted by Crippen LogP contribution is -2.35. The fourth-order valence-corrected chi connectivity index (χ4v) is 2.74. The Morgan fingerprint density at radius 3 is 2.59 bits per heavy atom. The number of carbonyl (C=O) groups excluding carboxylic acids is 3. The molecule has 0 radical (unpaired) electrons. The molecule has 22 heavy (non-hydrogen) atoms. The zero-order valence-electron chi connectivity index (χ0n) is 11.6. The van der Waals surface area contributed by atoms with E-state index in [-0.39, 0.29) is 23.6 Å². The third-order valence-corrected chi connectivity index (χ3v) is 4.05. The first-order valence-electron chi connectivity index (χ1n) is 6.24. The number of imide groups is 1. The van der Waals surface area contributed by atoms with Gasteiger partial charge in [-0.05, 0) is 12.1 Å². The third-order valence-electron chi connectivity index (χ3n) is 2.90. The van der Waals surface area contributed by atoms with Crippen LogP contribution < -0.4 is 0 Å². The zero-order chi connectivity index (χ0) is 16.3. The molecule has 2 amide bonds. The largest absolute Gasteiger partial charge is 0.452 e. The van der Waals surface area contributed by atoms with Gasteiger partial charge >= 0.3 is 12.1 Å². The van der Waals surface area contributed by atoms with E-state index in [2.05, 4.69) is 4.74 Å². The summed E-state index contributed by atoms with van der Waals surface area (Å²) in [5.74, 6) is -1.69. The second-order valence-corrected chi connectivity index (χ2v) is 6.49. The Bertz CT molecular complexity index is 726. The van der Waals surface area contributed by atoms with E-state index in [4.69, 9.17) is 4.74 Å². The summed E-state index contributed by atoms with van der Waals surface area (Å²) in [6, 6.07) is 5.50. The number of hydrogen-bond acceptors (Lipinski definition) is 7. The highest BCUT2D eigenvalue weighted by Crippen LogP contribution is 2.16. The standard InChI is InChI=1S/C13H13NO7S/c1-22(18,19)10-5-3-2-4-9(10)12(16)21-8-11(15)14-6-7-20-13(14)17/h2-5H,6-8H2,1H3. The second kappa shape index (κ2) is 6.14. The number of carbonyl (C=O) groups is 3. The lowest BCUT2D eigenvalue weighted by Gasteiger charge is -2.11. The first-order valence-corrected chi connectivity index (χ1v) is 8.13. The van der Waals surface area contributed by atoms with Gasteiger partial charge < -0.3 is 9.47 Å².